The SMILES string of the molecule is CCN1CCN(S(=O)(=O)c2cnn(C)c2)C[C@H]1c1ncc[nH]1. The van der Waals surface area contributed by atoms with Crippen molar-refractivity contribution in [3.63, 3.8) is 0 Å². The minimum Gasteiger partial charge on any atom is -0.347 e. The topological polar surface area (TPSA) is 87.1 Å². The lowest BCUT2D eigenvalue weighted by Gasteiger charge is -2.39. The molecule has 9 heteroatoms. The molecule has 1 saturated heterocycles. The molecule has 1 N–H and O–H groups in total. The van der Waals surface area contributed by atoms with Crippen molar-refractivity contribution in [1.82, 2.24) is 29.0 Å². The Hall–Kier alpha value is -1.71. The van der Waals surface area contributed by atoms with Crippen molar-refractivity contribution >= 4 is 10.0 Å². The molecule has 2 aromatic rings. The van der Waals surface area contributed by atoms with Gasteiger partial charge in [-0.05, 0) is 6.54 Å². The van der Waals surface area contributed by atoms with Crippen molar-refractivity contribution in [3.05, 3.63) is 30.6 Å². The number of nitrogens with one attached hydrogen (secondary N) is 1. The predicted molar refractivity (Wildman–Crippen MR) is 80.5 cm³/mol. The number of rotatable bonds is 4. The average Bonchev–Trinajstić information content (AvgIpc) is 3.18. The molecule has 0 radical (unpaired) electrons. The van der Waals surface area contributed by atoms with Gasteiger partial charge in [0.25, 0.3) is 0 Å². The van der Waals surface area contributed by atoms with Crippen molar-refractivity contribution in [3.8, 4) is 0 Å². The molecule has 1 fully saturated rings. The van der Waals surface area contributed by atoms with Gasteiger partial charge in [0.2, 0.25) is 10.0 Å². The van der Waals surface area contributed by atoms with Crippen LogP contribution in [0, 0.1) is 0 Å². The minimum atomic E-state index is -3.52. The Labute approximate surface area is 129 Å². The molecule has 120 valence electrons. The molecule has 2 aromatic heterocycles. The van der Waals surface area contributed by atoms with Crippen molar-refractivity contribution in [2.75, 3.05) is 26.2 Å². The summed E-state index contributed by atoms with van der Waals surface area (Å²) in [5, 5.41) is 3.96. The number of aromatic nitrogens is 4. The van der Waals surface area contributed by atoms with E-state index in [-0.39, 0.29) is 10.9 Å². The molecule has 3 heterocycles. The number of hydrogen-bond donors (Lipinski definition) is 1. The van der Waals surface area contributed by atoms with Crippen LogP contribution in [0.25, 0.3) is 0 Å². The normalized spacial score (nSPS) is 21.3. The van der Waals surface area contributed by atoms with Crippen LogP contribution in [0.2, 0.25) is 0 Å². The average molecular weight is 324 g/mol. The molecule has 1 aliphatic rings. The molecular weight excluding hydrogens is 304 g/mol. The van der Waals surface area contributed by atoms with E-state index in [1.165, 1.54) is 21.4 Å². The molecular formula is C13H20N6O2S. The highest BCUT2D eigenvalue weighted by molar-refractivity contribution is 7.89. The Morgan fingerprint density at radius 3 is 2.82 bits per heavy atom. The van der Waals surface area contributed by atoms with Crippen molar-refractivity contribution in [2.45, 2.75) is 17.9 Å². The number of aromatic amines is 1. The van der Waals surface area contributed by atoms with Crippen LogP contribution in [0.1, 0.15) is 18.8 Å². The number of H-pyrrole nitrogens is 1. The Kier molecular flexibility index (Phi) is 4.02. The molecule has 0 aliphatic carbocycles. The van der Waals surface area contributed by atoms with E-state index in [1.807, 2.05) is 0 Å². The summed E-state index contributed by atoms with van der Waals surface area (Å²) < 4.78 is 28.5. The van der Waals surface area contributed by atoms with Crippen molar-refractivity contribution in [2.24, 2.45) is 7.05 Å². The molecule has 1 aliphatic heterocycles. The summed E-state index contributed by atoms with van der Waals surface area (Å²) in [6, 6.07) is -0.0554. The number of piperazine rings is 1. The van der Waals surface area contributed by atoms with Crippen molar-refractivity contribution < 1.29 is 8.42 Å². The van der Waals surface area contributed by atoms with Crippen LogP contribution < -0.4 is 0 Å². The number of nitrogens with zero attached hydrogens (tertiary/aromatic N) is 5. The van der Waals surface area contributed by atoms with Crippen LogP contribution in [0.3, 0.4) is 0 Å². The third kappa shape index (κ3) is 2.67. The van der Waals surface area contributed by atoms with Gasteiger partial charge in [-0.3, -0.25) is 9.58 Å². The minimum absolute atomic E-state index is 0.0554. The summed E-state index contributed by atoms with van der Waals surface area (Å²) in [4.78, 5) is 9.86. The first kappa shape index (κ1) is 15.2. The number of likely N-dealkylation sites (N-methyl/N-ethyl adjacent to an activating group) is 1. The quantitative estimate of drug-likeness (QED) is 0.869. The molecule has 0 aromatic carbocycles. The first-order valence-electron chi connectivity index (χ1n) is 7.24. The Balaban J connectivity index is 1.87. The molecule has 0 bridgehead atoms. The van der Waals surface area contributed by atoms with Crippen LogP contribution in [-0.4, -0.2) is 63.6 Å². The van der Waals surface area contributed by atoms with Gasteiger partial charge in [-0.1, -0.05) is 6.92 Å². The zero-order valence-corrected chi connectivity index (χ0v) is 13.5. The predicted octanol–water partition coefficient (Wildman–Crippen LogP) is 0.211. The Morgan fingerprint density at radius 2 is 2.23 bits per heavy atom. The molecule has 3 rings (SSSR count). The fraction of sp³-hybridized carbons (Fsp3) is 0.538. The molecule has 0 spiro atoms. The third-order valence-corrected chi connectivity index (χ3v) is 5.83. The first-order valence-corrected chi connectivity index (χ1v) is 8.68. The lowest BCUT2D eigenvalue weighted by atomic mass is 10.2. The lowest BCUT2D eigenvalue weighted by Crippen LogP contribution is -2.50. The zero-order chi connectivity index (χ0) is 15.7. The monoisotopic (exact) mass is 324 g/mol. The van der Waals surface area contributed by atoms with Crippen LogP contribution in [0.15, 0.2) is 29.7 Å². The number of sulfonamides is 1. The fourth-order valence-corrected chi connectivity index (χ4v) is 4.22. The molecule has 0 unspecified atom stereocenters. The zero-order valence-electron chi connectivity index (χ0n) is 12.7. The van der Waals surface area contributed by atoms with E-state index in [4.69, 9.17) is 0 Å². The van der Waals surface area contributed by atoms with Gasteiger partial charge in [0.05, 0.1) is 12.2 Å². The lowest BCUT2D eigenvalue weighted by molar-refractivity contribution is 0.119. The van der Waals surface area contributed by atoms with Crippen LogP contribution in [0.4, 0.5) is 0 Å². The summed E-state index contributed by atoms with van der Waals surface area (Å²) in [7, 11) is -1.81. The largest absolute Gasteiger partial charge is 0.347 e. The second-order valence-corrected chi connectivity index (χ2v) is 7.27. The molecule has 0 amide bonds. The first-order chi connectivity index (χ1) is 10.5. The standard InChI is InChI=1S/C13H20N6O2S/c1-3-18-6-7-19(10-12(18)13-14-4-5-15-13)22(20,21)11-8-16-17(2)9-11/h4-5,8-9,12H,3,6-7,10H2,1-2H3,(H,14,15)/t12-/m0/s1. The maximum atomic E-state index is 12.7. The van der Waals surface area contributed by atoms with Crippen molar-refractivity contribution in [1.29, 1.82) is 0 Å². The summed E-state index contributed by atoms with van der Waals surface area (Å²) in [6.45, 7) is 4.47. The fourth-order valence-electron chi connectivity index (χ4n) is 2.79. The van der Waals surface area contributed by atoms with Crippen LogP contribution >= 0.6 is 0 Å². The number of imidazole rings is 1. The van der Waals surface area contributed by atoms with Gasteiger partial charge in [-0.25, -0.2) is 13.4 Å². The summed E-state index contributed by atoms with van der Waals surface area (Å²) in [5.41, 5.74) is 0. The van der Waals surface area contributed by atoms with E-state index in [1.54, 1.807) is 19.4 Å². The highest BCUT2D eigenvalue weighted by atomic mass is 32.2. The second-order valence-electron chi connectivity index (χ2n) is 5.33. The summed E-state index contributed by atoms with van der Waals surface area (Å²) in [5.74, 6) is 0.799. The van der Waals surface area contributed by atoms with Crippen LogP contribution in [0.5, 0.6) is 0 Å². The van der Waals surface area contributed by atoms with Gasteiger partial charge in [-0.2, -0.15) is 9.40 Å². The van der Waals surface area contributed by atoms with E-state index in [9.17, 15) is 8.42 Å². The number of hydrogen-bond acceptors (Lipinski definition) is 5. The smallest absolute Gasteiger partial charge is 0.246 e. The van der Waals surface area contributed by atoms with E-state index in [0.717, 1.165) is 12.4 Å². The molecule has 1 atom stereocenters. The molecule has 22 heavy (non-hydrogen) atoms. The van der Waals surface area contributed by atoms with Gasteiger partial charge in [0.15, 0.2) is 0 Å². The van der Waals surface area contributed by atoms with Gasteiger partial charge in [0.1, 0.15) is 10.7 Å². The maximum absolute atomic E-state index is 12.7. The molecule has 8 nitrogen and oxygen atoms in total. The van der Waals surface area contributed by atoms with Gasteiger partial charge >= 0.3 is 0 Å². The third-order valence-electron chi connectivity index (χ3n) is 4.01. The van der Waals surface area contributed by atoms with E-state index >= 15 is 0 Å². The van der Waals surface area contributed by atoms with Gasteiger partial charge in [-0.15, -0.1) is 0 Å². The highest BCUT2D eigenvalue weighted by Gasteiger charge is 2.35. The summed E-state index contributed by atoms with van der Waals surface area (Å²) >= 11 is 0. The van der Waals surface area contributed by atoms with E-state index < -0.39 is 10.0 Å². The van der Waals surface area contributed by atoms with E-state index in [0.29, 0.717) is 19.6 Å². The van der Waals surface area contributed by atoms with Gasteiger partial charge in [0, 0.05) is 45.3 Å². The Bertz CT molecular complexity index is 724. The van der Waals surface area contributed by atoms with Gasteiger partial charge < -0.3 is 4.98 Å². The summed E-state index contributed by atoms with van der Waals surface area (Å²) in [6.07, 6.45) is 6.38. The maximum Gasteiger partial charge on any atom is 0.246 e. The van der Waals surface area contributed by atoms with E-state index in [2.05, 4.69) is 26.9 Å². The van der Waals surface area contributed by atoms with Crippen LogP contribution in [-0.2, 0) is 17.1 Å². The second kappa shape index (κ2) is 5.82. The number of aryl methyl sites for hydroxylation is 1. The molecule has 0 saturated carbocycles. The Morgan fingerprint density at radius 1 is 1.41 bits per heavy atom. The highest BCUT2D eigenvalue weighted by Crippen LogP contribution is 2.26.